The summed E-state index contributed by atoms with van der Waals surface area (Å²) in [5.74, 6) is -1.14. The molecule has 1 heterocycles. The quantitative estimate of drug-likeness (QED) is 0.784. The highest BCUT2D eigenvalue weighted by Crippen LogP contribution is 2.16. The monoisotopic (exact) mass is 306 g/mol. The van der Waals surface area contributed by atoms with Gasteiger partial charge < -0.3 is 10.4 Å². The Bertz CT molecular complexity index is 629. The Kier molecular flexibility index (Phi) is 4.83. The number of amides is 2. The van der Waals surface area contributed by atoms with Gasteiger partial charge in [-0.1, -0.05) is 48.6 Å². The second-order valence-corrected chi connectivity index (χ2v) is 5.20. The number of aryl methyl sites for hydroxylation is 1. The van der Waals surface area contributed by atoms with Crippen LogP contribution in [0.1, 0.15) is 23.5 Å². The van der Waals surface area contributed by atoms with Crippen molar-refractivity contribution in [2.24, 2.45) is 0 Å². The van der Waals surface area contributed by atoms with Crippen molar-refractivity contribution in [2.75, 3.05) is 5.32 Å². The highest BCUT2D eigenvalue weighted by atomic mass is 32.1. The second kappa shape index (κ2) is 6.80. The molecule has 0 saturated heterocycles. The Morgan fingerprint density at radius 2 is 2.00 bits per heavy atom. The lowest BCUT2D eigenvalue weighted by Gasteiger charge is -2.14. The van der Waals surface area contributed by atoms with Crippen molar-refractivity contribution >= 4 is 28.5 Å². The summed E-state index contributed by atoms with van der Waals surface area (Å²) in [6.07, 6.45) is 0.725. The average Bonchev–Trinajstić information content (AvgIpc) is 2.93. The van der Waals surface area contributed by atoms with Crippen LogP contribution in [0.15, 0.2) is 30.3 Å². The number of aromatic nitrogens is 2. The number of carbonyl (C=O) groups excluding carboxylic acids is 1. The van der Waals surface area contributed by atoms with E-state index in [0.29, 0.717) is 10.7 Å². The number of hydrogen-bond acceptors (Lipinski definition) is 5. The third kappa shape index (κ3) is 3.99. The van der Waals surface area contributed by atoms with E-state index in [2.05, 4.69) is 20.8 Å². The van der Waals surface area contributed by atoms with E-state index in [1.54, 1.807) is 30.3 Å². The summed E-state index contributed by atoms with van der Waals surface area (Å²) >= 11 is 1.25. The van der Waals surface area contributed by atoms with Crippen LogP contribution in [0.5, 0.6) is 0 Å². The first kappa shape index (κ1) is 14.9. The third-order valence-corrected chi connectivity index (χ3v) is 3.63. The van der Waals surface area contributed by atoms with Crippen molar-refractivity contribution in [3.8, 4) is 0 Å². The van der Waals surface area contributed by atoms with Gasteiger partial charge in [0.15, 0.2) is 6.04 Å². The molecular formula is C13H14N4O3S. The smallest absolute Gasteiger partial charge is 0.330 e. The molecule has 1 atom stereocenters. The molecule has 0 saturated carbocycles. The molecular weight excluding hydrogens is 292 g/mol. The fourth-order valence-electron chi connectivity index (χ4n) is 1.64. The first-order valence-electron chi connectivity index (χ1n) is 6.27. The number of anilines is 1. The third-order valence-electron chi connectivity index (χ3n) is 2.65. The van der Waals surface area contributed by atoms with Gasteiger partial charge in [-0.3, -0.25) is 5.32 Å². The van der Waals surface area contributed by atoms with Gasteiger partial charge in [-0.15, -0.1) is 10.2 Å². The summed E-state index contributed by atoms with van der Waals surface area (Å²) < 4.78 is 0. The molecule has 110 valence electrons. The maximum atomic E-state index is 11.9. The molecule has 3 N–H and O–H groups in total. The maximum absolute atomic E-state index is 11.9. The normalized spacial score (nSPS) is 11.7. The van der Waals surface area contributed by atoms with Crippen molar-refractivity contribution < 1.29 is 14.7 Å². The maximum Gasteiger partial charge on any atom is 0.330 e. The number of aliphatic carboxylic acids is 1. The summed E-state index contributed by atoms with van der Waals surface area (Å²) in [7, 11) is 0. The van der Waals surface area contributed by atoms with Gasteiger partial charge in [0.25, 0.3) is 0 Å². The number of nitrogens with zero attached hydrogens (tertiary/aromatic N) is 2. The molecule has 0 aliphatic carbocycles. The zero-order valence-electron chi connectivity index (χ0n) is 11.2. The molecule has 1 aromatic carbocycles. The van der Waals surface area contributed by atoms with E-state index in [0.717, 1.165) is 11.4 Å². The molecule has 0 fully saturated rings. The summed E-state index contributed by atoms with van der Waals surface area (Å²) in [5.41, 5.74) is 0.492. The number of urea groups is 1. The minimum atomic E-state index is -1.14. The van der Waals surface area contributed by atoms with E-state index >= 15 is 0 Å². The summed E-state index contributed by atoms with van der Waals surface area (Å²) in [6.45, 7) is 1.93. The molecule has 2 rings (SSSR count). The van der Waals surface area contributed by atoms with Gasteiger partial charge in [-0.25, -0.2) is 9.59 Å². The van der Waals surface area contributed by atoms with Crippen LogP contribution in [-0.2, 0) is 11.2 Å². The van der Waals surface area contributed by atoms with Crippen LogP contribution in [0.2, 0.25) is 0 Å². The lowest BCUT2D eigenvalue weighted by Crippen LogP contribution is -2.36. The van der Waals surface area contributed by atoms with E-state index < -0.39 is 18.0 Å². The minimum absolute atomic E-state index is 0.335. The van der Waals surface area contributed by atoms with Gasteiger partial charge in [0.2, 0.25) is 5.13 Å². The predicted octanol–water partition coefficient (Wildman–Crippen LogP) is 2.05. The minimum Gasteiger partial charge on any atom is -0.479 e. The highest BCUT2D eigenvalue weighted by Gasteiger charge is 2.22. The molecule has 7 nitrogen and oxygen atoms in total. The van der Waals surface area contributed by atoms with E-state index in [1.165, 1.54) is 11.3 Å². The van der Waals surface area contributed by atoms with Gasteiger partial charge in [-0.05, 0) is 12.0 Å². The van der Waals surface area contributed by atoms with Crippen LogP contribution in [0.3, 0.4) is 0 Å². The van der Waals surface area contributed by atoms with Crippen molar-refractivity contribution in [3.05, 3.63) is 40.9 Å². The number of hydrogen-bond donors (Lipinski definition) is 3. The summed E-state index contributed by atoms with van der Waals surface area (Å²) in [6, 6.07) is 6.72. The fourth-order valence-corrected chi connectivity index (χ4v) is 2.32. The van der Waals surface area contributed by atoms with Gasteiger partial charge in [-0.2, -0.15) is 0 Å². The molecule has 0 aliphatic rings. The van der Waals surface area contributed by atoms with Crippen molar-refractivity contribution in [2.45, 2.75) is 19.4 Å². The zero-order chi connectivity index (χ0) is 15.2. The van der Waals surface area contributed by atoms with Gasteiger partial charge >= 0.3 is 12.0 Å². The number of carboxylic acid groups (broad SMARTS) is 1. The molecule has 0 radical (unpaired) electrons. The van der Waals surface area contributed by atoms with Gasteiger partial charge in [0.1, 0.15) is 5.01 Å². The first-order valence-corrected chi connectivity index (χ1v) is 7.09. The topological polar surface area (TPSA) is 104 Å². The van der Waals surface area contributed by atoms with Crippen LogP contribution < -0.4 is 10.6 Å². The molecule has 0 unspecified atom stereocenters. The predicted molar refractivity (Wildman–Crippen MR) is 78.3 cm³/mol. The zero-order valence-corrected chi connectivity index (χ0v) is 12.1. The van der Waals surface area contributed by atoms with Crippen LogP contribution >= 0.6 is 11.3 Å². The lowest BCUT2D eigenvalue weighted by molar-refractivity contribution is -0.139. The summed E-state index contributed by atoms with van der Waals surface area (Å²) in [4.78, 5) is 23.1. The van der Waals surface area contributed by atoms with Crippen LogP contribution in [-0.4, -0.2) is 27.3 Å². The number of carbonyl (C=O) groups is 2. The standard InChI is InChI=1S/C13H14N4O3S/c1-2-9-16-17-13(21-9)15-12(20)14-10(11(18)19)8-6-4-3-5-7-8/h3-7,10H,2H2,1H3,(H,18,19)(H2,14,15,17,20)/t10-/m0/s1. The van der Waals surface area contributed by atoms with E-state index in [-0.39, 0.29) is 0 Å². The Balaban J connectivity index is 2.03. The Morgan fingerprint density at radius 3 is 2.57 bits per heavy atom. The molecule has 2 amide bonds. The van der Waals surface area contributed by atoms with E-state index in [4.69, 9.17) is 0 Å². The average molecular weight is 306 g/mol. The molecule has 8 heteroatoms. The number of benzene rings is 1. The van der Waals surface area contributed by atoms with Gasteiger partial charge in [0, 0.05) is 0 Å². The Morgan fingerprint density at radius 1 is 1.29 bits per heavy atom. The van der Waals surface area contributed by atoms with Crippen LogP contribution in [0, 0.1) is 0 Å². The molecule has 2 aromatic rings. The largest absolute Gasteiger partial charge is 0.479 e. The number of rotatable bonds is 5. The molecule has 0 bridgehead atoms. The van der Waals surface area contributed by atoms with Crippen LogP contribution in [0.25, 0.3) is 0 Å². The van der Waals surface area contributed by atoms with Crippen molar-refractivity contribution in [3.63, 3.8) is 0 Å². The summed E-state index contributed by atoms with van der Waals surface area (Å²) in [5, 5.41) is 22.9. The molecule has 1 aromatic heterocycles. The first-order chi connectivity index (χ1) is 10.1. The molecule has 21 heavy (non-hydrogen) atoms. The number of carboxylic acids is 1. The Labute approximate surface area is 125 Å². The highest BCUT2D eigenvalue weighted by molar-refractivity contribution is 7.15. The lowest BCUT2D eigenvalue weighted by atomic mass is 10.1. The van der Waals surface area contributed by atoms with Crippen molar-refractivity contribution in [1.82, 2.24) is 15.5 Å². The molecule has 0 aliphatic heterocycles. The second-order valence-electron chi connectivity index (χ2n) is 4.13. The van der Waals surface area contributed by atoms with Crippen molar-refractivity contribution in [1.29, 1.82) is 0 Å². The van der Waals surface area contributed by atoms with Crippen LogP contribution in [0.4, 0.5) is 9.93 Å². The SMILES string of the molecule is CCc1nnc(NC(=O)N[C@H](C(=O)O)c2ccccc2)s1. The van der Waals surface area contributed by atoms with Gasteiger partial charge in [0.05, 0.1) is 0 Å². The fraction of sp³-hybridized carbons (Fsp3) is 0.231. The number of nitrogens with one attached hydrogen (secondary N) is 2. The van der Waals surface area contributed by atoms with E-state index in [1.807, 2.05) is 6.92 Å². The van der Waals surface area contributed by atoms with E-state index in [9.17, 15) is 14.7 Å². The Hall–Kier alpha value is -2.48. The molecule has 0 spiro atoms.